The van der Waals surface area contributed by atoms with Gasteiger partial charge >= 0.3 is 0 Å². The van der Waals surface area contributed by atoms with Crippen LogP contribution in [-0.4, -0.2) is 76.9 Å². The molecule has 1 fully saturated rings. The van der Waals surface area contributed by atoms with E-state index in [1.54, 1.807) is 28.0 Å². The summed E-state index contributed by atoms with van der Waals surface area (Å²) in [5.41, 5.74) is 3.28. The normalized spacial score (nSPS) is 15.3. The van der Waals surface area contributed by atoms with Gasteiger partial charge in [0.1, 0.15) is 18.1 Å². The van der Waals surface area contributed by atoms with E-state index in [-0.39, 0.29) is 24.9 Å². The van der Waals surface area contributed by atoms with Gasteiger partial charge in [-0.2, -0.15) is 0 Å². The molecular weight excluding hydrogens is 425 g/mol. The maximum atomic E-state index is 12.8. The number of Topliss-reactive ketones (excluding diaryl/α,β-unsaturated/α-hetero) is 1. The van der Waals surface area contributed by atoms with Crippen LogP contribution in [0.3, 0.4) is 0 Å². The summed E-state index contributed by atoms with van der Waals surface area (Å²) in [4.78, 5) is 23.8. The molecular formula is C22H24FN9O. The van der Waals surface area contributed by atoms with Gasteiger partial charge in [-0.05, 0) is 25.0 Å². The summed E-state index contributed by atoms with van der Waals surface area (Å²) in [5, 5.41) is 17.2. The fourth-order valence-electron chi connectivity index (χ4n) is 4.16. The lowest BCUT2D eigenvalue weighted by molar-refractivity contribution is 0.0987. The molecule has 5 heterocycles. The second-order valence-electron chi connectivity index (χ2n) is 8.32. The van der Waals surface area contributed by atoms with E-state index in [1.165, 1.54) is 0 Å². The van der Waals surface area contributed by atoms with Crippen molar-refractivity contribution in [1.29, 1.82) is 0 Å². The Morgan fingerprint density at radius 1 is 1.09 bits per heavy atom. The van der Waals surface area contributed by atoms with Gasteiger partial charge in [-0.3, -0.25) is 19.4 Å². The standard InChI is InChI=1S/C22H24FN9O/c1-30-13-20(26-28-30)16-8-15-9-17(24-12-19(15)25-11-16)10-22(33)21-14-32(29-27-21)18-2-5-31(6-3-18)7-4-23/h8-9,11-14,18H,2-7,10H2,1H3. The molecule has 0 bridgehead atoms. The first-order chi connectivity index (χ1) is 16.1. The number of likely N-dealkylation sites (tertiary alicyclic amines) is 1. The highest BCUT2D eigenvalue weighted by Gasteiger charge is 2.22. The van der Waals surface area contributed by atoms with Crippen LogP contribution in [0.25, 0.3) is 22.2 Å². The SMILES string of the molecule is Cn1cc(-c2cnc3cnc(CC(=O)c4cn(C5CCN(CCF)CC5)nn4)cc3c2)nn1. The van der Waals surface area contributed by atoms with E-state index < -0.39 is 0 Å². The Labute approximate surface area is 189 Å². The van der Waals surface area contributed by atoms with Gasteiger partial charge in [0.25, 0.3) is 0 Å². The van der Waals surface area contributed by atoms with Crippen LogP contribution in [0.5, 0.6) is 0 Å². The Morgan fingerprint density at radius 2 is 1.94 bits per heavy atom. The van der Waals surface area contributed by atoms with Crippen LogP contribution < -0.4 is 0 Å². The zero-order valence-corrected chi connectivity index (χ0v) is 18.3. The first kappa shape index (κ1) is 21.3. The van der Waals surface area contributed by atoms with Crippen LogP contribution in [0, 0.1) is 0 Å². The molecule has 0 radical (unpaired) electrons. The highest BCUT2D eigenvalue weighted by Crippen LogP contribution is 2.23. The average Bonchev–Trinajstić information content (AvgIpc) is 3.49. The van der Waals surface area contributed by atoms with Crippen LogP contribution in [0.1, 0.15) is 35.1 Å². The Hall–Kier alpha value is -3.60. The maximum absolute atomic E-state index is 12.8. The van der Waals surface area contributed by atoms with Crippen molar-refractivity contribution in [2.45, 2.75) is 25.3 Å². The van der Waals surface area contributed by atoms with Crippen LogP contribution in [-0.2, 0) is 13.5 Å². The van der Waals surface area contributed by atoms with Crippen molar-refractivity contribution in [3.8, 4) is 11.3 Å². The summed E-state index contributed by atoms with van der Waals surface area (Å²) >= 11 is 0. The average molecular weight is 449 g/mol. The first-order valence-corrected chi connectivity index (χ1v) is 10.9. The van der Waals surface area contributed by atoms with E-state index in [0.29, 0.717) is 17.9 Å². The summed E-state index contributed by atoms with van der Waals surface area (Å²) in [6, 6.07) is 4.01. The molecule has 0 aliphatic carbocycles. The molecule has 0 unspecified atom stereocenters. The molecule has 0 amide bonds. The number of pyridine rings is 2. The van der Waals surface area contributed by atoms with E-state index in [1.807, 2.05) is 25.4 Å². The molecule has 10 nitrogen and oxygen atoms in total. The third kappa shape index (κ3) is 4.63. The Morgan fingerprint density at radius 3 is 2.70 bits per heavy atom. The first-order valence-electron chi connectivity index (χ1n) is 10.9. The minimum atomic E-state index is -0.326. The van der Waals surface area contributed by atoms with Gasteiger partial charge < -0.3 is 4.90 Å². The lowest BCUT2D eigenvalue weighted by atomic mass is 10.1. The van der Waals surface area contributed by atoms with Crippen LogP contribution in [0.4, 0.5) is 4.39 Å². The maximum Gasteiger partial charge on any atom is 0.190 e. The highest BCUT2D eigenvalue weighted by molar-refractivity contribution is 5.95. The zero-order valence-electron chi connectivity index (χ0n) is 18.3. The van der Waals surface area contributed by atoms with Gasteiger partial charge in [0.05, 0.1) is 36.6 Å². The second-order valence-corrected chi connectivity index (χ2v) is 8.32. The van der Waals surface area contributed by atoms with E-state index in [0.717, 1.165) is 48.1 Å². The number of alkyl halides is 1. The second kappa shape index (κ2) is 9.10. The number of aryl methyl sites for hydroxylation is 1. The Kier molecular flexibility index (Phi) is 5.86. The number of carbonyl (C=O) groups excluding carboxylic acids is 1. The van der Waals surface area contributed by atoms with Crippen molar-refractivity contribution in [2.75, 3.05) is 26.3 Å². The van der Waals surface area contributed by atoms with Gasteiger partial charge in [-0.25, -0.2) is 9.07 Å². The lowest BCUT2D eigenvalue weighted by Crippen LogP contribution is -2.36. The van der Waals surface area contributed by atoms with Gasteiger partial charge in [0, 0.05) is 49.5 Å². The number of hydrogen-bond acceptors (Lipinski definition) is 8. The van der Waals surface area contributed by atoms with E-state index in [4.69, 9.17) is 0 Å². The number of rotatable bonds is 7. The van der Waals surface area contributed by atoms with Crippen molar-refractivity contribution in [3.05, 3.63) is 48.3 Å². The molecule has 1 aliphatic rings. The topological polar surface area (TPSA) is 108 Å². The highest BCUT2D eigenvalue weighted by atomic mass is 19.1. The zero-order chi connectivity index (χ0) is 22.8. The van der Waals surface area contributed by atoms with Crippen LogP contribution in [0.2, 0.25) is 0 Å². The lowest BCUT2D eigenvalue weighted by Gasteiger charge is -2.30. The molecule has 33 heavy (non-hydrogen) atoms. The van der Waals surface area contributed by atoms with Crippen LogP contribution in [0.15, 0.2) is 36.9 Å². The number of ketones is 1. The Bertz CT molecular complexity index is 1280. The van der Waals surface area contributed by atoms with Crippen molar-refractivity contribution in [1.82, 2.24) is 44.9 Å². The summed E-state index contributed by atoms with van der Waals surface area (Å²) in [5.74, 6) is -0.138. The molecule has 4 aromatic rings. The smallest absolute Gasteiger partial charge is 0.190 e. The molecule has 0 saturated carbocycles. The van der Waals surface area contributed by atoms with Crippen molar-refractivity contribution >= 4 is 16.7 Å². The quantitative estimate of drug-likeness (QED) is 0.395. The molecule has 1 aliphatic heterocycles. The molecule has 0 N–H and O–H groups in total. The summed E-state index contributed by atoms with van der Waals surface area (Å²) in [6.45, 7) is 1.79. The Balaban J connectivity index is 1.28. The molecule has 0 atom stereocenters. The summed E-state index contributed by atoms with van der Waals surface area (Å²) in [7, 11) is 1.81. The van der Waals surface area contributed by atoms with Crippen molar-refractivity contribution < 1.29 is 9.18 Å². The number of fused-ring (bicyclic) bond motifs is 1. The fraction of sp³-hybridized carbons (Fsp3) is 0.409. The van der Waals surface area contributed by atoms with Gasteiger partial charge in [0.15, 0.2) is 5.78 Å². The molecule has 0 aromatic carbocycles. The number of aromatic nitrogens is 8. The van der Waals surface area contributed by atoms with Gasteiger partial charge in [-0.15, -0.1) is 10.2 Å². The van der Waals surface area contributed by atoms with E-state index in [9.17, 15) is 9.18 Å². The van der Waals surface area contributed by atoms with E-state index in [2.05, 4.69) is 35.5 Å². The third-order valence-corrected chi connectivity index (χ3v) is 5.99. The van der Waals surface area contributed by atoms with Gasteiger partial charge in [-0.1, -0.05) is 10.4 Å². The predicted octanol–water partition coefficient (Wildman–Crippen LogP) is 2.05. The minimum absolute atomic E-state index is 0.124. The van der Waals surface area contributed by atoms with Gasteiger partial charge in [0.2, 0.25) is 0 Å². The molecule has 11 heteroatoms. The summed E-state index contributed by atoms with van der Waals surface area (Å²) in [6.07, 6.45) is 8.79. The monoisotopic (exact) mass is 449 g/mol. The molecule has 0 spiro atoms. The molecule has 5 rings (SSSR count). The number of carbonyl (C=O) groups is 1. The molecule has 1 saturated heterocycles. The predicted molar refractivity (Wildman–Crippen MR) is 118 cm³/mol. The van der Waals surface area contributed by atoms with Crippen LogP contribution >= 0.6 is 0 Å². The number of piperidine rings is 1. The third-order valence-electron chi connectivity index (χ3n) is 5.99. The minimum Gasteiger partial charge on any atom is -0.301 e. The summed E-state index contributed by atoms with van der Waals surface area (Å²) < 4.78 is 15.9. The fourth-order valence-corrected chi connectivity index (χ4v) is 4.16. The largest absolute Gasteiger partial charge is 0.301 e. The number of hydrogen-bond donors (Lipinski definition) is 0. The van der Waals surface area contributed by atoms with Crippen molar-refractivity contribution in [2.24, 2.45) is 7.05 Å². The molecule has 170 valence electrons. The number of nitrogens with zero attached hydrogens (tertiary/aromatic N) is 9. The van der Waals surface area contributed by atoms with Crippen molar-refractivity contribution in [3.63, 3.8) is 0 Å². The molecule has 4 aromatic heterocycles. The number of halogens is 1. The van der Waals surface area contributed by atoms with E-state index >= 15 is 0 Å².